The third-order valence-electron chi connectivity index (χ3n) is 3.29. The van der Waals surface area contributed by atoms with Crippen molar-refractivity contribution in [3.05, 3.63) is 17.5 Å². The Balaban J connectivity index is 2.67. The van der Waals surface area contributed by atoms with Crippen molar-refractivity contribution in [2.45, 2.75) is 47.2 Å². The zero-order valence-electron chi connectivity index (χ0n) is 13.0. The fourth-order valence-corrected chi connectivity index (χ4v) is 2.80. The molecule has 0 aliphatic heterocycles. The highest BCUT2D eigenvalue weighted by Crippen LogP contribution is 2.10. The third-order valence-corrected chi connectivity index (χ3v) is 4.98. The summed E-state index contributed by atoms with van der Waals surface area (Å²) in [4.78, 5) is 0. The van der Waals surface area contributed by atoms with E-state index in [9.17, 15) is 8.42 Å². The van der Waals surface area contributed by atoms with Crippen LogP contribution in [0.4, 0.5) is 0 Å². The largest absolute Gasteiger partial charge is 0.312 e. The third kappa shape index (κ3) is 5.25. The lowest BCUT2D eigenvalue weighted by atomic mass is 10.2. The number of hydrogen-bond donors (Lipinski definition) is 1. The standard InChI is InChI=1S/C14H27N3O2S/c1-5-14-13(10-15-9-12(3)4)11-16-17(14)7-8-20(18,19)6-2/h11-12,15H,5-10H2,1-4H3. The second kappa shape index (κ2) is 7.78. The van der Waals surface area contributed by atoms with E-state index in [2.05, 4.69) is 31.2 Å². The Morgan fingerprint density at radius 1 is 1.35 bits per heavy atom. The highest BCUT2D eigenvalue weighted by atomic mass is 32.2. The van der Waals surface area contributed by atoms with Crippen LogP contribution in [0.5, 0.6) is 0 Å². The zero-order valence-corrected chi connectivity index (χ0v) is 13.8. The number of aryl methyl sites for hydroxylation is 1. The van der Waals surface area contributed by atoms with Crippen molar-refractivity contribution in [3.8, 4) is 0 Å². The van der Waals surface area contributed by atoms with Gasteiger partial charge in [0.15, 0.2) is 9.84 Å². The maximum atomic E-state index is 11.6. The monoisotopic (exact) mass is 301 g/mol. The predicted molar refractivity (Wildman–Crippen MR) is 82.5 cm³/mol. The van der Waals surface area contributed by atoms with Crippen LogP contribution in [-0.4, -0.2) is 36.2 Å². The molecular formula is C14H27N3O2S. The van der Waals surface area contributed by atoms with Crippen molar-refractivity contribution in [2.75, 3.05) is 18.1 Å². The zero-order chi connectivity index (χ0) is 15.2. The maximum Gasteiger partial charge on any atom is 0.151 e. The predicted octanol–water partition coefficient (Wildman–Crippen LogP) is 1.63. The van der Waals surface area contributed by atoms with E-state index >= 15 is 0 Å². The first-order valence-corrected chi connectivity index (χ1v) is 9.16. The first-order chi connectivity index (χ1) is 9.39. The first-order valence-electron chi connectivity index (χ1n) is 7.34. The number of aromatic nitrogens is 2. The van der Waals surface area contributed by atoms with E-state index < -0.39 is 9.84 Å². The number of nitrogens with one attached hydrogen (secondary N) is 1. The van der Waals surface area contributed by atoms with E-state index in [0.717, 1.165) is 25.2 Å². The van der Waals surface area contributed by atoms with Gasteiger partial charge in [0.05, 0.1) is 18.5 Å². The average Bonchev–Trinajstić information content (AvgIpc) is 2.78. The van der Waals surface area contributed by atoms with E-state index in [1.54, 1.807) is 6.92 Å². The average molecular weight is 301 g/mol. The van der Waals surface area contributed by atoms with Crippen molar-refractivity contribution in [1.82, 2.24) is 15.1 Å². The van der Waals surface area contributed by atoms with Gasteiger partial charge in [-0.1, -0.05) is 27.7 Å². The van der Waals surface area contributed by atoms with Gasteiger partial charge in [0.1, 0.15) is 0 Å². The summed E-state index contributed by atoms with van der Waals surface area (Å²) in [7, 11) is -2.94. The van der Waals surface area contributed by atoms with Gasteiger partial charge in [0, 0.05) is 23.6 Å². The van der Waals surface area contributed by atoms with Crippen LogP contribution in [0.25, 0.3) is 0 Å². The highest BCUT2D eigenvalue weighted by Gasteiger charge is 2.12. The van der Waals surface area contributed by atoms with E-state index in [0.29, 0.717) is 12.5 Å². The molecule has 0 atom stereocenters. The molecule has 1 N–H and O–H groups in total. The van der Waals surface area contributed by atoms with Gasteiger partial charge in [-0.3, -0.25) is 4.68 Å². The summed E-state index contributed by atoms with van der Waals surface area (Å²) >= 11 is 0. The molecule has 1 rings (SSSR count). The Bertz CT molecular complexity index is 506. The van der Waals surface area contributed by atoms with E-state index in [-0.39, 0.29) is 11.5 Å². The van der Waals surface area contributed by atoms with Crippen molar-refractivity contribution in [2.24, 2.45) is 5.92 Å². The summed E-state index contributed by atoms with van der Waals surface area (Å²) in [5.41, 5.74) is 2.30. The van der Waals surface area contributed by atoms with Crippen LogP contribution in [0, 0.1) is 5.92 Å². The molecular weight excluding hydrogens is 274 g/mol. The SMILES string of the molecule is CCc1c(CNCC(C)C)cnn1CCS(=O)(=O)CC. The number of sulfone groups is 1. The number of hydrogen-bond acceptors (Lipinski definition) is 4. The molecule has 5 nitrogen and oxygen atoms in total. The van der Waals surface area contributed by atoms with Gasteiger partial charge in [-0.05, 0) is 18.9 Å². The highest BCUT2D eigenvalue weighted by molar-refractivity contribution is 7.91. The van der Waals surface area contributed by atoms with Crippen LogP contribution in [0.3, 0.4) is 0 Å². The van der Waals surface area contributed by atoms with Gasteiger partial charge in [0.25, 0.3) is 0 Å². The quantitative estimate of drug-likeness (QED) is 0.753. The minimum Gasteiger partial charge on any atom is -0.312 e. The summed E-state index contributed by atoms with van der Waals surface area (Å²) in [6.45, 7) is 10.3. The molecule has 0 aliphatic rings. The van der Waals surface area contributed by atoms with Crippen molar-refractivity contribution in [1.29, 1.82) is 0 Å². The summed E-state index contributed by atoms with van der Waals surface area (Å²) in [5, 5.41) is 7.74. The maximum absolute atomic E-state index is 11.6. The topological polar surface area (TPSA) is 64.0 Å². The minimum absolute atomic E-state index is 0.164. The molecule has 6 heteroatoms. The minimum atomic E-state index is -2.94. The van der Waals surface area contributed by atoms with E-state index in [1.165, 1.54) is 5.56 Å². The molecule has 116 valence electrons. The molecule has 0 unspecified atom stereocenters. The van der Waals surface area contributed by atoms with Gasteiger partial charge in [-0.25, -0.2) is 8.42 Å². The molecule has 1 aromatic rings. The summed E-state index contributed by atoms with van der Waals surface area (Å²) in [6, 6.07) is 0. The Morgan fingerprint density at radius 2 is 2.05 bits per heavy atom. The van der Waals surface area contributed by atoms with Crippen LogP contribution in [0.2, 0.25) is 0 Å². The van der Waals surface area contributed by atoms with Crippen LogP contribution in [0.1, 0.15) is 39.0 Å². The molecule has 0 aromatic carbocycles. The van der Waals surface area contributed by atoms with Gasteiger partial charge in [-0.15, -0.1) is 0 Å². The molecule has 1 heterocycles. The van der Waals surface area contributed by atoms with E-state index in [1.807, 2.05) is 10.9 Å². The fourth-order valence-electron chi connectivity index (χ4n) is 2.06. The molecule has 0 bridgehead atoms. The lowest BCUT2D eigenvalue weighted by Gasteiger charge is -2.10. The molecule has 0 fully saturated rings. The van der Waals surface area contributed by atoms with Gasteiger partial charge < -0.3 is 5.32 Å². The lowest BCUT2D eigenvalue weighted by Crippen LogP contribution is -2.20. The lowest BCUT2D eigenvalue weighted by molar-refractivity contribution is 0.548. The van der Waals surface area contributed by atoms with Gasteiger partial charge in [-0.2, -0.15) is 5.10 Å². The first kappa shape index (κ1) is 17.2. The van der Waals surface area contributed by atoms with Crippen LogP contribution >= 0.6 is 0 Å². The molecule has 0 spiro atoms. The molecule has 0 saturated carbocycles. The fraction of sp³-hybridized carbons (Fsp3) is 0.786. The normalized spacial score (nSPS) is 12.2. The molecule has 0 radical (unpaired) electrons. The van der Waals surface area contributed by atoms with Crippen LogP contribution < -0.4 is 5.32 Å². The molecule has 0 aliphatic carbocycles. The Morgan fingerprint density at radius 3 is 2.60 bits per heavy atom. The molecule has 1 aromatic heterocycles. The summed E-state index contributed by atoms with van der Waals surface area (Å²) in [6.07, 6.45) is 2.72. The Labute approximate surface area is 122 Å². The van der Waals surface area contributed by atoms with E-state index in [4.69, 9.17) is 0 Å². The second-order valence-electron chi connectivity index (χ2n) is 5.45. The van der Waals surface area contributed by atoms with Gasteiger partial charge >= 0.3 is 0 Å². The number of nitrogens with zero attached hydrogens (tertiary/aromatic N) is 2. The second-order valence-corrected chi connectivity index (χ2v) is 7.93. The molecule has 0 saturated heterocycles. The summed E-state index contributed by atoms with van der Waals surface area (Å²) < 4.78 is 25.0. The van der Waals surface area contributed by atoms with Crippen molar-refractivity contribution < 1.29 is 8.42 Å². The molecule has 0 amide bonds. The van der Waals surface area contributed by atoms with Gasteiger partial charge in [0.2, 0.25) is 0 Å². The number of rotatable bonds is 9. The van der Waals surface area contributed by atoms with Crippen LogP contribution in [-0.2, 0) is 29.3 Å². The van der Waals surface area contributed by atoms with Crippen molar-refractivity contribution in [3.63, 3.8) is 0 Å². The smallest absolute Gasteiger partial charge is 0.151 e. The summed E-state index contributed by atoms with van der Waals surface area (Å²) in [5.74, 6) is 0.972. The Hall–Kier alpha value is -0.880. The van der Waals surface area contributed by atoms with Crippen LogP contribution in [0.15, 0.2) is 6.20 Å². The molecule has 20 heavy (non-hydrogen) atoms. The van der Waals surface area contributed by atoms with Crippen molar-refractivity contribution >= 4 is 9.84 Å². The Kier molecular flexibility index (Phi) is 6.68.